The van der Waals surface area contributed by atoms with E-state index in [1.54, 1.807) is 0 Å². The molecule has 0 rings (SSSR count). The highest BCUT2D eigenvalue weighted by atomic mass is 31.3. The van der Waals surface area contributed by atoms with Crippen LogP contribution in [0.4, 0.5) is 0 Å². The Balaban J connectivity index is 0. The molecule has 0 aliphatic rings. The van der Waals surface area contributed by atoms with E-state index in [-0.39, 0.29) is 39.6 Å². The predicted molar refractivity (Wildman–Crippen MR) is 181 cm³/mol. The Labute approximate surface area is 275 Å². The van der Waals surface area contributed by atoms with Crippen LogP contribution in [0.1, 0.15) is 155 Å². The molecular formula is C32H70O11P2. The Kier molecular flexibility index (Phi) is 38.7. The van der Waals surface area contributed by atoms with Gasteiger partial charge in [0.1, 0.15) is 0 Å². The second-order valence-electron chi connectivity index (χ2n) is 11.5. The van der Waals surface area contributed by atoms with Crippen LogP contribution >= 0.6 is 15.6 Å². The van der Waals surface area contributed by atoms with Crippen LogP contribution in [0.25, 0.3) is 0 Å². The van der Waals surface area contributed by atoms with Gasteiger partial charge in [0.15, 0.2) is 0 Å². The summed E-state index contributed by atoms with van der Waals surface area (Å²) in [6, 6.07) is 0. The summed E-state index contributed by atoms with van der Waals surface area (Å²) in [5, 5.41) is 8.37. The smallest absolute Gasteiger partial charge is 0.394 e. The molecule has 0 bridgehead atoms. The maximum Gasteiger partial charge on any atom is 0.481 e. The molecule has 1 atom stereocenters. The van der Waals surface area contributed by atoms with Crippen LogP contribution in [0, 0.1) is 0 Å². The molecule has 274 valence electrons. The van der Waals surface area contributed by atoms with E-state index in [2.05, 4.69) is 22.7 Å². The number of hydrogen-bond acceptors (Lipinski definition) is 8. The van der Waals surface area contributed by atoms with Gasteiger partial charge in [-0.1, -0.05) is 142 Å². The van der Waals surface area contributed by atoms with E-state index in [1.165, 1.54) is 141 Å². The first-order valence-corrected chi connectivity index (χ1v) is 20.8. The van der Waals surface area contributed by atoms with Crippen LogP contribution in [0.2, 0.25) is 0 Å². The highest BCUT2D eigenvalue weighted by Crippen LogP contribution is 2.57. The van der Waals surface area contributed by atoms with Crippen LogP contribution < -0.4 is 0 Å². The molecule has 0 aromatic rings. The lowest BCUT2D eigenvalue weighted by Gasteiger charge is -2.12. The first kappa shape index (κ1) is 47.2. The van der Waals surface area contributed by atoms with Gasteiger partial charge in [-0.15, -0.1) is 0 Å². The van der Waals surface area contributed by atoms with Gasteiger partial charge in [0, 0.05) is 13.2 Å². The number of hydrogen-bond donors (Lipinski definition) is 4. The largest absolute Gasteiger partial charge is 0.481 e. The number of aliphatic hydroxyl groups is 1. The molecule has 0 saturated carbocycles. The summed E-state index contributed by atoms with van der Waals surface area (Å²) in [4.78, 5) is 25.4. The molecule has 0 fully saturated rings. The average molecular weight is 693 g/mol. The molecule has 0 saturated heterocycles. The van der Waals surface area contributed by atoms with Gasteiger partial charge in [-0.3, -0.25) is 4.52 Å². The standard InChI is InChI=1S/C26H54O.C6H16O10P2/c1-3-5-7-9-11-13-15-17-19-21-23-25-27-26-24-22-20-18-16-14-12-10-8-6-4-2;7-1-2-13-3-4-14-5-6-15-18(11,12)16-17(8,9)10/h3-26H2,1-2H3;7H,1-6H2,(H,11,12)(H2,8,9,10). The normalized spacial score (nSPS) is 13.0. The molecule has 0 heterocycles. The zero-order valence-corrected chi connectivity index (χ0v) is 30.5. The van der Waals surface area contributed by atoms with E-state index >= 15 is 0 Å². The molecule has 13 heteroatoms. The lowest BCUT2D eigenvalue weighted by Crippen LogP contribution is -2.10. The first-order chi connectivity index (χ1) is 21.7. The number of phosphoric ester groups is 1. The molecule has 0 aromatic heterocycles. The zero-order chi connectivity index (χ0) is 33.7. The van der Waals surface area contributed by atoms with Gasteiger partial charge >= 0.3 is 15.6 Å². The van der Waals surface area contributed by atoms with Crippen molar-refractivity contribution >= 4 is 15.6 Å². The van der Waals surface area contributed by atoms with Crippen molar-refractivity contribution in [3.8, 4) is 0 Å². The minimum absolute atomic E-state index is 0.0858. The molecule has 0 spiro atoms. The molecule has 11 nitrogen and oxygen atoms in total. The molecular weight excluding hydrogens is 622 g/mol. The van der Waals surface area contributed by atoms with Crippen LogP contribution in [0.3, 0.4) is 0 Å². The minimum Gasteiger partial charge on any atom is -0.394 e. The Morgan fingerprint density at radius 3 is 1.09 bits per heavy atom. The number of ether oxygens (including phenoxy) is 3. The van der Waals surface area contributed by atoms with Gasteiger partial charge in [0.05, 0.1) is 39.6 Å². The Morgan fingerprint density at radius 2 is 0.733 bits per heavy atom. The average Bonchev–Trinajstić information content (AvgIpc) is 2.98. The third-order valence-electron chi connectivity index (χ3n) is 7.08. The van der Waals surface area contributed by atoms with Crippen LogP contribution in [-0.2, 0) is 32.2 Å². The molecule has 0 aliphatic heterocycles. The van der Waals surface area contributed by atoms with E-state index in [1.807, 2.05) is 0 Å². The highest BCUT2D eigenvalue weighted by Gasteiger charge is 2.32. The van der Waals surface area contributed by atoms with Crippen LogP contribution in [-0.4, -0.2) is 72.6 Å². The third kappa shape index (κ3) is 46.3. The summed E-state index contributed by atoms with van der Waals surface area (Å²) in [6.07, 6.45) is 31.1. The fourth-order valence-corrected chi connectivity index (χ4v) is 6.16. The summed E-state index contributed by atoms with van der Waals surface area (Å²) in [5.41, 5.74) is 0. The summed E-state index contributed by atoms with van der Waals surface area (Å²) >= 11 is 0. The van der Waals surface area contributed by atoms with Gasteiger partial charge < -0.3 is 34.0 Å². The SMILES string of the molecule is CCCCCCCCCCCCCOCCCCCCCCCCCCC.O=P(O)(O)OP(=O)(O)OCCOCCOCCO. The molecule has 0 aliphatic carbocycles. The minimum atomic E-state index is -5.08. The van der Waals surface area contributed by atoms with Crippen molar-refractivity contribution < 1.29 is 52.0 Å². The number of aliphatic hydroxyl groups excluding tert-OH is 1. The lowest BCUT2D eigenvalue weighted by molar-refractivity contribution is 0.0216. The van der Waals surface area contributed by atoms with Crippen molar-refractivity contribution in [3.63, 3.8) is 0 Å². The topological polar surface area (TPSA) is 161 Å². The second-order valence-corrected chi connectivity index (χ2v) is 14.3. The van der Waals surface area contributed by atoms with E-state index in [0.29, 0.717) is 0 Å². The third-order valence-corrected chi connectivity index (χ3v) is 9.27. The van der Waals surface area contributed by atoms with E-state index in [9.17, 15) is 9.13 Å². The van der Waals surface area contributed by atoms with Crippen LogP contribution in [0.5, 0.6) is 0 Å². The van der Waals surface area contributed by atoms with E-state index in [4.69, 9.17) is 34.0 Å². The Bertz CT molecular complexity index is 641. The van der Waals surface area contributed by atoms with Crippen molar-refractivity contribution in [2.75, 3.05) is 52.9 Å². The molecule has 0 radical (unpaired) electrons. The van der Waals surface area contributed by atoms with Gasteiger partial charge in [0.2, 0.25) is 0 Å². The van der Waals surface area contributed by atoms with Gasteiger partial charge in [-0.05, 0) is 12.8 Å². The van der Waals surface area contributed by atoms with Crippen molar-refractivity contribution in [3.05, 3.63) is 0 Å². The molecule has 4 N–H and O–H groups in total. The maximum absolute atomic E-state index is 10.9. The van der Waals surface area contributed by atoms with Gasteiger partial charge in [-0.25, -0.2) is 9.13 Å². The van der Waals surface area contributed by atoms with Gasteiger partial charge in [-0.2, -0.15) is 4.31 Å². The Hall–Kier alpha value is 0.1000. The Morgan fingerprint density at radius 1 is 0.422 bits per heavy atom. The first-order valence-electron chi connectivity index (χ1n) is 17.8. The quantitative estimate of drug-likeness (QED) is 0.0371. The van der Waals surface area contributed by atoms with E-state index in [0.717, 1.165) is 13.2 Å². The molecule has 1 unspecified atom stereocenters. The van der Waals surface area contributed by atoms with Crippen molar-refractivity contribution in [2.45, 2.75) is 155 Å². The van der Waals surface area contributed by atoms with E-state index < -0.39 is 15.6 Å². The second kappa shape index (κ2) is 36.9. The predicted octanol–water partition coefficient (Wildman–Crippen LogP) is 8.86. The molecule has 45 heavy (non-hydrogen) atoms. The summed E-state index contributed by atoms with van der Waals surface area (Å²) in [5.74, 6) is 0. The highest BCUT2D eigenvalue weighted by molar-refractivity contribution is 7.60. The summed E-state index contributed by atoms with van der Waals surface area (Å²) in [6.45, 7) is 6.60. The van der Waals surface area contributed by atoms with Crippen LogP contribution in [0.15, 0.2) is 0 Å². The van der Waals surface area contributed by atoms with Crippen molar-refractivity contribution in [2.24, 2.45) is 0 Å². The molecule has 0 amide bonds. The summed E-state index contributed by atoms with van der Waals surface area (Å²) in [7, 11) is -9.87. The number of unbranched alkanes of at least 4 members (excludes halogenated alkanes) is 20. The lowest BCUT2D eigenvalue weighted by atomic mass is 10.1. The van der Waals surface area contributed by atoms with Gasteiger partial charge in [0.25, 0.3) is 0 Å². The van der Waals surface area contributed by atoms with Crippen molar-refractivity contribution in [1.82, 2.24) is 0 Å². The molecule has 0 aromatic carbocycles. The fraction of sp³-hybridized carbons (Fsp3) is 1.00. The zero-order valence-electron chi connectivity index (χ0n) is 28.8. The number of phosphoric acid groups is 2. The summed E-state index contributed by atoms with van der Waals surface area (Å²) < 4.78 is 44.5. The fourth-order valence-electron chi connectivity index (χ4n) is 4.59. The van der Waals surface area contributed by atoms with Crippen molar-refractivity contribution in [1.29, 1.82) is 0 Å². The maximum atomic E-state index is 10.9. The number of rotatable bonds is 35. The monoisotopic (exact) mass is 692 g/mol.